The fourth-order valence-corrected chi connectivity index (χ4v) is 2.02. The Hall–Kier alpha value is -0.350. The first-order chi connectivity index (χ1) is 7.20. The Labute approximate surface area is 97.3 Å². The van der Waals surface area contributed by atoms with E-state index in [1.165, 1.54) is 6.07 Å². The zero-order chi connectivity index (χ0) is 10.8. The van der Waals surface area contributed by atoms with Gasteiger partial charge in [-0.25, -0.2) is 4.39 Å². The van der Waals surface area contributed by atoms with Gasteiger partial charge in [0.15, 0.2) is 0 Å². The molecule has 5 heteroatoms. The number of ether oxygens (including phenoxy) is 1. The lowest BCUT2D eigenvalue weighted by Gasteiger charge is -2.25. The maximum atomic E-state index is 13.7. The summed E-state index contributed by atoms with van der Waals surface area (Å²) in [6, 6.07) is 3.03. The van der Waals surface area contributed by atoms with E-state index in [-0.39, 0.29) is 11.1 Å². The molecular formula is C10H10Cl2FNO. The van der Waals surface area contributed by atoms with Crippen LogP contribution in [0.1, 0.15) is 11.7 Å². The van der Waals surface area contributed by atoms with E-state index in [2.05, 4.69) is 5.32 Å². The Kier molecular flexibility index (Phi) is 3.46. The van der Waals surface area contributed by atoms with Crippen LogP contribution in [0.4, 0.5) is 4.39 Å². The maximum Gasteiger partial charge on any atom is 0.149 e. The highest BCUT2D eigenvalue weighted by Gasteiger charge is 2.23. The van der Waals surface area contributed by atoms with Crippen molar-refractivity contribution in [2.75, 3.05) is 19.7 Å². The minimum Gasteiger partial charge on any atom is -0.371 e. The summed E-state index contributed by atoms with van der Waals surface area (Å²) in [6.45, 7) is 1.88. The van der Waals surface area contributed by atoms with Gasteiger partial charge in [-0.1, -0.05) is 23.2 Å². The minimum atomic E-state index is -0.488. The predicted molar refractivity (Wildman–Crippen MR) is 58.0 cm³/mol. The largest absolute Gasteiger partial charge is 0.371 e. The molecule has 1 aliphatic rings. The van der Waals surface area contributed by atoms with Crippen molar-refractivity contribution in [1.29, 1.82) is 0 Å². The van der Waals surface area contributed by atoms with E-state index < -0.39 is 5.82 Å². The second-order valence-electron chi connectivity index (χ2n) is 3.32. The smallest absolute Gasteiger partial charge is 0.149 e. The van der Waals surface area contributed by atoms with Gasteiger partial charge >= 0.3 is 0 Å². The number of hydrogen-bond acceptors (Lipinski definition) is 2. The molecule has 1 N–H and O–H groups in total. The van der Waals surface area contributed by atoms with Crippen LogP contribution in [0.25, 0.3) is 0 Å². The Morgan fingerprint density at radius 3 is 2.73 bits per heavy atom. The summed E-state index contributed by atoms with van der Waals surface area (Å²) >= 11 is 11.6. The number of morpholine rings is 1. The lowest BCUT2D eigenvalue weighted by molar-refractivity contribution is 0.0256. The van der Waals surface area contributed by atoms with Crippen LogP contribution in [0.5, 0.6) is 0 Å². The molecule has 1 fully saturated rings. The molecule has 0 bridgehead atoms. The Balaban J connectivity index is 2.36. The van der Waals surface area contributed by atoms with Crippen LogP contribution in [0.15, 0.2) is 12.1 Å². The van der Waals surface area contributed by atoms with E-state index in [0.717, 1.165) is 6.54 Å². The summed E-state index contributed by atoms with van der Waals surface area (Å²) in [5, 5.41) is 3.54. The zero-order valence-corrected chi connectivity index (χ0v) is 9.41. The average Bonchev–Trinajstić information content (AvgIpc) is 2.26. The first kappa shape index (κ1) is 11.1. The molecule has 1 unspecified atom stereocenters. The monoisotopic (exact) mass is 249 g/mol. The fraction of sp³-hybridized carbons (Fsp3) is 0.400. The molecular weight excluding hydrogens is 240 g/mol. The maximum absolute atomic E-state index is 13.7. The van der Waals surface area contributed by atoms with Gasteiger partial charge in [0, 0.05) is 23.7 Å². The summed E-state index contributed by atoms with van der Waals surface area (Å²) in [5.41, 5.74) is 0.344. The Bertz CT molecular complexity index is 367. The summed E-state index contributed by atoms with van der Waals surface area (Å²) in [4.78, 5) is 0. The molecule has 0 aromatic heterocycles. The fourth-order valence-electron chi connectivity index (χ4n) is 1.59. The topological polar surface area (TPSA) is 21.3 Å². The number of benzene rings is 1. The summed E-state index contributed by atoms with van der Waals surface area (Å²) < 4.78 is 19.2. The Morgan fingerprint density at radius 1 is 1.33 bits per heavy atom. The second kappa shape index (κ2) is 4.66. The van der Waals surface area contributed by atoms with Gasteiger partial charge < -0.3 is 10.1 Å². The first-order valence-corrected chi connectivity index (χ1v) is 5.41. The van der Waals surface area contributed by atoms with E-state index in [4.69, 9.17) is 27.9 Å². The molecule has 0 spiro atoms. The van der Waals surface area contributed by atoms with Gasteiger partial charge in [-0.3, -0.25) is 0 Å². The van der Waals surface area contributed by atoms with Gasteiger partial charge in [0.2, 0.25) is 0 Å². The van der Waals surface area contributed by atoms with Crippen molar-refractivity contribution in [3.63, 3.8) is 0 Å². The summed E-state index contributed by atoms with van der Waals surface area (Å²) in [7, 11) is 0. The number of nitrogens with one attached hydrogen (secondary N) is 1. The van der Waals surface area contributed by atoms with Gasteiger partial charge in [-0.2, -0.15) is 0 Å². The molecule has 1 aromatic rings. The highest BCUT2D eigenvalue weighted by molar-refractivity contribution is 6.33. The molecule has 1 aromatic carbocycles. The quantitative estimate of drug-likeness (QED) is 0.774. The van der Waals surface area contributed by atoms with E-state index in [1.54, 1.807) is 6.07 Å². The SMILES string of the molecule is Fc1c(Cl)ccc(Cl)c1C1CNCCO1. The van der Waals surface area contributed by atoms with Crippen LogP contribution in [-0.4, -0.2) is 19.7 Å². The van der Waals surface area contributed by atoms with Crippen molar-refractivity contribution < 1.29 is 9.13 Å². The van der Waals surface area contributed by atoms with Crippen molar-refractivity contribution in [2.45, 2.75) is 6.10 Å². The lowest BCUT2D eigenvalue weighted by atomic mass is 10.1. The van der Waals surface area contributed by atoms with Gasteiger partial charge in [-0.15, -0.1) is 0 Å². The molecule has 1 heterocycles. The third-order valence-electron chi connectivity index (χ3n) is 2.33. The molecule has 1 saturated heterocycles. The summed E-state index contributed by atoms with van der Waals surface area (Å²) in [6.07, 6.45) is -0.357. The predicted octanol–water partition coefficient (Wildman–Crippen LogP) is 2.79. The van der Waals surface area contributed by atoms with E-state index in [1.807, 2.05) is 0 Å². The van der Waals surface area contributed by atoms with E-state index in [0.29, 0.717) is 23.7 Å². The van der Waals surface area contributed by atoms with E-state index >= 15 is 0 Å². The average molecular weight is 250 g/mol. The Morgan fingerprint density at radius 2 is 2.07 bits per heavy atom. The standard InChI is InChI=1S/C10H10Cl2FNO/c11-6-1-2-7(12)10(13)9(6)8-5-14-3-4-15-8/h1-2,8,14H,3-5H2. The normalized spacial score (nSPS) is 21.7. The highest BCUT2D eigenvalue weighted by atomic mass is 35.5. The molecule has 1 aliphatic heterocycles. The van der Waals surface area contributed by atoms with Crippen LogP contribution in [0.2, 0.25) is 10.0 Å². The zero-order valence-electron chi connectivity index (χ0n) is 7.90. The van der Waals surface area contributed by atoms with Gasteiger partial charge in [0.1, 0.15) is 5.82 Å². The van der Waals surface area contributed by atoms with Gasteiger partial charge in [0.05, 0.1) is 17.7 Å². The second-order valence-corrected chi connectivity index (χ2v) is 4.13. The van der Waals surface area contributed by atoms with Crippen molar-refractivity contribution in [3.8, 4) is 0 Å². The van der Waals surface area contributed by atoms with Crippen LogP contribution in [0.3, 0.4) is 0 Å². The van der Waals surface area contributed by atoms with Crippen molar-refractivity contribution in [3.05, 3.63) is 33.6 Å². The van der Waals surface area contributed by atoms with Crippen LogP contribution in [0, 0.1) is 5.82 Å². The minimum absolute atomic E-state index is 0.0728. The third kappa shape index (κ3) is 2.26. The van der Waals surface area contributed by atoms with Crippen molar-refractivity contribution >= 4 is 23.2 Å². The van der Waals surface area contributed by atoms with Crippen molar-refractivity contribution in [1.82, 2.24) is 5.32 Å². The molecule has 82 valence electrons. The van der Waals surface area contributed by atoms with Crippen molar-refractivity contribution in [2.24, 2.45) is 0 Å². The van der Waals surface area contributed by atoms with Crippen LogP contribution < -0.4 is 5.32 Å². The molecule has 1 atom stereocenters. The number of rotatable bonds is 1. The molecule has 15 heavy (non-hydrogen) atoms. The highest BCUT2D eigenvalue weighted by Crippen LogP contribution is 2.32. The van der Waals surface area contributed by atoms with Gasteiger partial charge in [0.25, 0.3) is 0 Å². The molecule has 0 amide bonds. The summed E-state index contributed by atoms with van der Waals surface area (Å²) in [5.74, 6) is -0.488. The molecule has 0 saturated carbocycles. The molecule has 0 aliphatic carbocycles. The van der Waals surface area contributed by atoms with Crippen LogP contribution >= 0.6 is 23.2 Å². The molecule has 2 rings (SSSR count). The third-order valence-corrected chi connectivity index (χ3v) is 2.95. The van der Waals surface area contributed by atoms with Crippen LogP contribution in [-0.2, 0) is 4.74 Å². The molecule has 0 radical (unpaired) electrons. The van der Waals surface area contributed by atoms with Gasteiger partial charge in [-0.05, 0) is 12.1 Å². The molecule has 2 nitrogen and oxygen atoms in total. The number of hydrogen-bond donors (Lipinski definition) is 1. The van der Waals surface area contributed by atoms with E-state index in [9.17, 15) is 4.39 Å². The first-order valence-electron chi connectivity index (χ1n) is 4.66. The number of halogens is 3. The lowest BCUT2D eigenvalue weighted by Crippen LogP contribution is -2.34.